The Morgan fingerprint density at radius 2 is 1.82 bits per heavy atom. The fourth-order valence-corrected chi connectivity index (χ4v) is 2.35. The minimum Gasteiger partial charge on any atom is -0.462 e. The van der Waals surface area contributed by atoms with E-state index in [4.69, 9.17) is 10.5 Å². The molecule has 0 radical (unpaired) electrons. The van der Waals surface area contributed by atoms with Gasteiger partial charge in [-0.2, -0.15) is 0 Å². The summed E-state index contributed by atoms with van der Waals surface area (Å²) in [5.74, 6) is -0.318. The average molecular weight is 295 g/mol. The summed E-state index contributed by atoms with van der Waals surface area (Å²) in [7, 11) is 0. The first-order chi connectivity index (χ1) is 10.6. The van der Waals surface area contributed by atoms with Gasteiger partial charge in [0, 0.05) is 5.69 Å². The van der Waals surface area contributed by atoms with E-state index in [0.29, 0.717) is 12.2 Å². The van der Waals surface area contributed by atoms with Crippen molar-refractivity contribution in [3.05, 3.63) is 63.8 Å². The number of fused-ring (bicyclic) bond motifs is 1. The molecule has 1 aliphatic rings. The molecule has 22 heavy (non-hydrogen) atoms. The van der Waals surface area contributed by atoms with E-state index < -0.39 is 0 Å². The third-order valence-electron chi connectivity index (χ3n) is 3.61. The van der Waals surface area contributed by atoms with Crippen molar-refractivity contribution in [1.82, 2.24) is 0 Å². The Labute approximate surface area is 128 Å². The number of anilines is 1. The Balaban J connectivity index is 1.90. The fraction of sp³-hybridized carbons (Fsp3) is 0.235. The van der Waals surface area contributed by atoms with Crippen molar-refractivity contribution in [3.63, 3.8) is 0 Å². The second-order valence-corrected chi connectivity index (χ2v) is 5.17. The molecular weight excluding hydrogens is 278 g/mol. The van der Waals surface area contributed by atoms with Crippen LogP contribution in [0.5, 0.6) is 0 Å². The van der Waals surface area contributed by atoms with Crippen LogP contribution in [0.2, 0.25) is 0 Å². The number of nitrogens with two attached hydrogens (primary N) is 1. The first-order valence-corrected chi connectivity index (χ1v) is 7.17. The molecule has 0 fully saturated rings. The van der Waals surface area contributed by atoms with Crippen molar-refractivity contribution in [3.8, 4) is 0 Å². The Morgan fingerprint density at radius 3 is 2.45 bits per heavy atom. The van der Waals surface area contributed by atoms with Gasteiger partial charge in [0.25, 0.3) is 0 Å². The highest BCUT2D eigenvalue weighted by Crippen LogP contribution is 2.20. The number of nitrogen functional groups attached to an aromatic ring is 1. The molecule has 0 aromatic heterocycles. The maximum Gasteiger partial charge on any atom is 0.338 e. The lowest BCUT2D eigenvalue weighted by Crippen LogP contribution is -2.22. The lowest BCUT2D eigenvalue weighted by atomic mass is 10.1. The second kappa shape index (κ2) is 5.60. The number of esters is 1. The number of carbonyl (C=O) groups excluding carboxylic acids is 1. The van der Waals surface area contributed by atoms with Crippen LogP contribution < -0.4 is 16.4 Å². The fourth-order valence-electron chi connectivity index (χ4n) is 2.35. The van der Waals surface area contributed by atoms with E-state index in [1.54, 1.807) is 19.1 Å². The number of nitrogens with zero attached hydrogens (tertiary/aromatic N) is 2. The van der Waals surface area contributed by atoms with Crippen LogP contribution in [-0.4, -0.2) is 12.6 Å². The van der Waals surface area contributed by atoms with Crippen LogP contribution >= 0.6 is 0 Å². The van der Waals surface area contributed by atoms with Crippen LogP contribution in [0.1, 0.15) is 34.6 Å². The molecular formula is C17H17N3O2. The zero-order valence-electron chi connectivity index (χ0n) is 12.5. The molecule has 1 atom stereocenters. The number of aryl methyl sites for hydroxylation is 1. The summed E-state index contributed by atoms with van der Waals surface area (Å²) >= 11 is 0. The number of hydrogen-bond acceptors (Lipinski definition) is 5. The normalized spacial score (nSPS) is 15.6. The zero-order chi connectivity index (χ0) is 15.7. The van der Waals surface area contributed by atoms with Gasteiger partial charge in [-0.3, -0.25) is 9.98 Å². The highest BCUT2D eigenvalue weighted by Gasteiger charge is 2.14. The first-order valence-electron chi connectivity index (χ1n) is 7.17. The van der Waals surface area contributed by atoms with Crippen LogP contribution in [-0.2, 0) is 4.74 Å². The monoisotopic (exact) mass is 295 g/mol. The molecule has 3 rings (SSSR count). The molecule has 2 N–H and O–H groups in total. The van der Waals surface area contributed by atoms with Crippen molar-refractivity contribution in [2.75, 3.05) is 12.3 Å². The molecule has 5 nitrogen and oxygen atoms in total. The molecule has 1 unspecified atom stereocenters. The van der Waals surface area contributed by atoms with Crippen molar-refractivity contribution in [2.45, 2.75) is 20.0 Å². The van der Waals surface area contributed by atoms with Crippen molar-refractivity contribution in [1.29, 1.82) is 0 Å². The SMILES string of the molecule is CCOC(=O)c1ccc(C2N=c3cc(C)c(N)cc3=N2)cc1. The standard InChI is InChI=1S/C17H17N3O2/c1-3-22-17(21)12-6-4-11(5-7-12)16-19-14-8-10(2)13(18)9-15(14)20-16/h4-9,16H,3,18H2,1-2H3. The van der Waals surface area contributed by atoms with Crippen LogP contribution in [0.4, 0.5) is 5.69 Å². The minimum atomic E-state index is -0.318. The summed E-state index contributed by atoms with van der Waals surface area (Å²) in [5.41, 5.74) is 9.08. The lowest BCUT2D eigenvalue weighted by molar-refractivity contribution is 0.0526. The van der Waals surface area contributed by atoms with E-state index >= 15 is 0 Å². The largest absolute Gasteiger partial charge is 0.462 e. The highest BCUT2D eigenvalue weighted by molar-refractivity contribution is 5.89. The van der Waals surface area contributed by atoms with Gasteiger partial charge in [0.05, 0.1) is 22.9 Å². The molecule has 2 aromatic rings. The van der Waals surface area contributed by atoms with Gasteiger partial charge in [0.15, 0.2) is 6.17 Å². The predicted molar refractivity (Wildman–Crippen MR) is 83.0 cm³/mol. The molecule has 1 heterocycles. The van der Waals surface area contributed by atoms with E-state index in [2.05, 4.69) is 9.98 Å². The van der Waals surface area contributed by atoms with Gasteiger partial charge in [0.1, 0.15) is 0 Å². The van der Waals surface area contributed by atoms with Crippen molar-refractivity contribution in [2.24, 2.45) is 9.98 Å². The quantitative estimate of drug-likeness (QED) is 0.691. The van der Waals surface area contributed by atoms with Gasteiger partial charge in [0.2, 0.25) is 0 Å². The molecule has 0 amide bonds. The van der Waals surface area contributed by atoms with Gasteiger partial charge in [-0.15, -0.1) is 0 Å². The third kappa shape index (κ3) is 2.57. The van der Waals surface area contributed by atoms with Crippen LogP contribution in [0, 0.1) is 6.92 Å². The molecule has 0 spiro atoms. The summed E-state index contributed by atoms with van der Waals surface area (Å²) in [5, 5.41) is 1.66. The van der Waals surface area contributed by atoms with Gasteiger partial charge < -0.3 is 10.5 Å². The Hall–Kier alpha value is -2.69. The smallest absolute Gasteiger partial charge is 0.338 e. The highest BCUT2D eigenvalue weighted by atomic mass is 16.5. The van der Waals surface area contributed by atoms with Gasteiger partial charge in [-0.05, 0) is 49.2 Å². The number of benzene rings is 2. The molecule has 2 aromatic carbocycles. The molecule has 0 saturated heterocycles. The van der Waals surface area contributed by atoms with Crippen LogP contribution in [0.3, 0.4) is 0 Å². The molecule has 5 heteroatoms. The maximum atomic E-state index is 11.6. The second-order valence-electron chi connectivity index (χ2n) is 5.17. The van der Waals surface area contributed by atoms with Crippen LogP contribution in [0.15, 0.2) is 46.4 Å². The summed E-state index contributed by atoms with van der Waals surface area (Å²) in [4.78, 5) is 20.8. The van der Waals surface area contributed by atoms with E-state index in [1.807, 2.05) is 31.2 Å². The zero-order valence-corrected chi connectivity index (χ0v) is 12.5. The average Bonchev–Trinajstić information content (AvgIpc) is 2.91. The number of carbonyl (C=O) groups is 1. The van der Waals surface area contributed by atoms with E-state index in [-0.39, 0.29) is 12.1 Å². The van der Waals surface area contributed by atoms with Crippen LogP contribution in [0.25, 0.3) is 0 Å². The summed E-state index contributed by atoms with van der Waals surface area (Å²) < 4.78 is 4.97. The Morgan fingerprint density at radius 1 is 1.18 bits per heavy atom. The Bertz CT molecular complexity index is 800. The lowest BCUT2D eigenvalue weighted by Gasteiger charge is -2.06. The third-order valence-corrected chi connectivity index (χ3v) is 3.61. The van der Waals surface area contributed by atoms with E-state index in [0.717, 1.165) is 27.5 Å². The first kappa shape index (κ1) is 14.3. The Kier molecular flexibility index (Phi) is 3.63. The summed E-state index contributed by atoms with van der Waals surface area (Å²) in [6, 6.07) is 11.0. The topological polar surface area (TPSA) is 77.0 Å². The number of hydrogen-bond donors (Lipinski definition) is 1. The molecule has 0 bridgehead atoms. The van der Waals surface area contributed by atoms with Gasteiger partial charge in [-0.25, -0.2) is 4.79 Å². The van der Waals surface area contributed by atoms with Gasteiger partial charge in [-0.1, -0.05) is 12.1 Å². The van der Waals surface area contributed by atoms with Crippen molar-refractivity contribution < 1.29 is 9.53 Å². The predicted octanol–water partition coefficient (Wildman–Crippen LogP) is 1.71. The maximum absolute atomic E-state index is 11.6. The number of ether oxygens (including phenoxy) is 1. The number of rotatable bonds is 3. The van der Waals surface area contributed by atoms with E-state index in [1.165, 1.54) is 0 Å². The summed E-state index contributed by atoms with van der Waals surface area (Å²) in [6.45, 7) is 4.10. The minimum absolute atomic E-state index is 0.285. The summed E-state index contributed by atoms with van der Waals surface area (Å²) in [6.07, 6.45) is -0.285. The van der Waals surface area contributed by atoms with E-state index in [9.17, 15) is 4.79 Å². The van der Waals surface area contributed by atoms with Crippen molar-refractivity contribution >= 4 is 11.7 Å². The molecule has 1 aliphatic heterocycles. The molecule has 112 valence electrons. The molecule has 0 aliphatic carbocycles. The molecule has 0 saturated carbocycles. The van der Waals surface area contributed by atoms with Gasteiger partial charge >= 0.3 is 5.97 Å².